The van der Waals surface area contributed by atoms with Crippen LogP contribution in [0.25, 0.3) is 0 Å². The molecule has 0 aromatic carbocycles. The molecule has 1 aliphatic heterocycles. The normalized spacial score (nSPS) is 37.0. The van der Waals surface area contributed by atoms with E-state index in [0.29, 0.717) is 17.9 Å². The van der Waals surface area contributed by atoms with Crippen LogP contribution in [0.2, 0.25) is 38.3 Å². The highest BCUT2D eigenvalue weighted by atomic mass is 28.4. The maximum Gasteiger partial charge on any atom is 0.191 e. The molecule has 164 valence electrons. The second kappa shape index (κ2) is 8.58. The predicted octanol–water partition coefficient (Wildman–Crippen LogP) is 6.46. The SMILES string of the molecule is C=CC[C@@H]1C[C@]2(O[Si](C)(C)CC=C)CCO[C@@]23CC[C@H](O[Si](C)(C)CC=C)C[C@H]13. The molecule has 2 saturated carbocycles. The average molecular weight is 435 g/mol. The van der Waals surface area contributed by atoms with E-state index >= 15 is 0 Å². The van der Waals surface area contributed by atoms with Gasteiger partial charge in [0.05, 0.1) is 17.8 Å². The van der Waals surface area contributed by atoms with E-state index in [2.05, 4.69) is 52.0 Å². The molecular formula is C24H42O3Si2. The topological polar surface area (TPSA) is 27.7 Å². The van der Waals surface area contributed by atoms with E-state index in [1.807, 2.05) is 12.2 Å². The molecule has 2 aliphatic carbocycles. The van der Waals surface area contributed by atoms with Gasteiger partial charge in [0.25, 0.3) is 0 Å². The lowest BCUT2D eigenvalue weighted by atomic mass is 9.69. The number of rotatable bonds is 10. The van der Waals surface area contributed by atoms with Crippen molar-refractivity contribution in [2.45, 2.75) is 94.1 Å². The first-order valence-electron chi connectivity index (χ1n) is 11.5. The molecule has 3 rings (SSSR count). The summed E-state index contributed by atoms with van der Waals surface area (Å²) in [5, 5.41) is 0. The molecule has 5 atom stereocenters. The van der Waals surface area contributed by atoms with E-state index in [0.717, 1.165) is 57.2 Å². The highest BCUT2D eigenvalue weighted by Gasteiger charge is 2.69. The van der Waals surface area contributed by atoms with Gasteiger partial charge in [-0.05, 0) is 82.2 Å². The number of allylic oxidation sites excluding steroid dienone is 3. The van der Waals surface area contributed by atoms with E-state index in [4.69, 9.17) is 13.6 Å². The minimum Gasteiger partial charge on any atom is -0.414 e. The van der Waals surface area contributed by atoms with Gasteiger partial charge in [0.15, 0.2) is 16.6 Å². The van der Waals surface area contributed by atoms with E-state index < -0.39 is 16.6 Å². The van der Waals surface area contributed by atoms with Crippen LogP contribution in [0.15, 0.2) is 38.0 Å². The molecule has 1 saturated heterocycles. The zero-order chi connectivity index (χ0) is 21.3. The van der Waals surface area contributed by atoms with Crippen molar-refractivity contribution in [1.29, 1.82) is 0 Å². The van der Waals surface area contributed by atoms with Gasteiger partial charge in [-0.3, -0.25) is 0 Å². The van der Waals surface area contributed by atoms with Crippen molar-refractivity contribution in [2.24, 2.45) is 11.8 Å². The fraction of sp³-hybridized carbons (Fsp3) is 0.750. The Morgan fingerprint density at radius 2 is 1.69 bits per heavy atom. The van der Waals surface area contributed by atoms with Gasteiger partial charge in [0.2, 0.25) is 0 Å². The first-order valence-corrected chi connectivity index (χ1v) is 17.7. The van der Waals surface area contributed by atoms with Crippen LogP contribution >= 0.6 is 0 Å². The Hall–Kier alpha value is -0.466. The van der Waals surface area contributed by atoms with Crippen LogP contribution in [-0.4, -0.2) is 40.5 Å². The van der Waals surface area contributed by atoms with Crippen LogP contribution in [0.1, 0.15) is 38.5 Å². The van der Waals surface area contributed by atoms with Gasteiger partial charge in [0, 0.05) is 12.5 Å². The highest BCUT2D eigenvalue weighted by Crippen LogP contribution is 2.63. The van der Waals surface area contributed by atoms with Crippen LogP contribution in [0.5, 0.6) is 0 Å². The molecule has 1 spiro atoms. The van der Waals surface area contributed by atoms with Crippen molar-refractivity contribution in [2.75, 3.05) is 6.61 Å². The monoisotopic (exact) mass is 434 g/mol. The van der Waals surface area contributed by atoms with Gasteiger partial charge < -0.3 is 13.6 Å². The molecule has 29 heavy (non-hydrogen) atoms. The third-order valence-electron chi connectivity index (χ3n) is 7.45. The van der Waals surface area contributed by atoms with Gasteiger partial charge >= 0.3 is 0 Å². The predicted molar refractivity (Wildman–Crippen MR) is 127 cm³/mol. The Morgan fingerprint density at radius 3 is 2.34 bits per heavy atom. The maximum atomic E-state index is 7.13. The molecule has 0 N–H and O–H groups in total. The molecule has 5 heteroatoms. The Bertz CT molecular complexity index is 632. The lowest BCUT2D eigenvalue weighted by Crippen LogP contribution is -2.59. The van der Waals surface area contributed by atoms with Crippen LogP contribution < -0.4 is 0 Å². The van der Waals surface area contributed by atoms with Crippen molar-refractivity contribution in [1.82, 2.24) is 0 Å². The van der Waals surface area contributed by atoms with Crippen molar-refractivity contribution in [3.05, 3.63) is 38.0 Å². The molecule has 3 fully saturated rings. The smallest absolute Gasteiger partial charge is 0.191 e. The number of hydrogen-bond acceptors (Lipinski definition) is 3. The van der Waals surface area contributed by atoms with E-state index in [1.165, 1.54) is 0 Å². The Balaban J connectivity index is 1.86. The highest BCUT2D eigenvalue weighted by molar-refractivity contribution is 6.72. The van der Waals surface area contributed by atoms with Gasteiger partial charge in [-0.2, -0.15) is 0 Å². The Morgan fingerprint density at radius 1 is 1.00 bits per heavy atom. The third-order valence-corrected chi connectivity index (χ3v) is 11.9. The largest absolute Gasteiger partial charge is 0.414 e. The quantitative estimate of drug-likeness (QED) is 0.291. The van der Waals surface area contributed by atoms with Crippen molar-refractivity contribution < 1.29 is 13.6 Å². The molecule has 0 amide bonds. The summed E-state index contributed by atoms with van der Waals surface area (Å²) in [5.41, 5.74) is -0.251. The summed E-state index contributed by atoms with van der Waals surface area (Å²) in [6, 6.07) is 2.01. The Kier molecular flexibility index (Phi) is 6.86. The second-order valence-electron chi connectivity index (χ2n) is 10.7. The lowest BCUT2D eigenvalue weighted by Gasteiger charge is -2.50. The van der Waals surface area contributed by atoms with Gasteiger partial charge in [0.1, 0.15) is 0 Å². The first kappa shape index (κ1) is 23.2. The van der Waals surface area contributed by atoms with Gasteiger partial charge in [-0.15, -0.1) is 19.7 Å². The van der Waals surface area contributed by atoms with E-state index in [1.54, 1.807) is 0 Å². The molecular weight excluding hydrogens is 392 g/mol. The van der Waals surface area contributed by atoms with E-state index in [-0.39, 0.29) is 11.2 Å². The fourth-order valence-corrected chi connectivity index (χ4v) is 10.7. The number of ether oxygens (including phenoxy) is 1. The summed E-state index contributed by atoms with van der Waals surface area (Å²) < 4.78 is 20.5. The second-order valence-corrected chi connectivity index (χ2v) is 19.0. The van der Waals surface area contributed by atoms with Crippen LogP contribution in [0, 0.1) is 11.8 Å². The average Bonchev–Trinajstić information content (AvgIpc) is 3.04. The van der Waals surface area contributed by atoms with Gasteiger partial charge in [-0.1, -0.05) is 18.2 Å². The zero-order valence-corrected chi connectivity index (χ0v) is 21.2. The van der Waals surface area contributed by atoms with Crippen molar-refractivity contribution >= 4 is 16.6 Å². The summed E-state index contributed by atoms with van der Waals surface area (Å²) in [6.07, 6.45) is 12.9. The molecule has 3 nitrogen and oxygen atoms in total. The molecule has 0 aromatic heterocycles. The van der Waals surface area contributed by atoms with Crippen molar-refractivity contribution in [3.63, 3.8) is 0 Å². The minimum absolute atomic E-state index is 0.122. The zero-order valence-electron chi connectivity index (χ0n) is 19.2. The molecule has 1 heterocycles. The molecule has 0 radical (unpaired) electrons. The summed E-state index contributed by atoms with van der Waals surface area (Å²) in [7, 11) is -3.52. The fourth-order valence-electron chi connectivity index (χ4n) is 6.56. The lowest BCUT2D eigenvalue weighted by molar-refractivity contribution is -0.146. The van der Waals surface area contributed by atoms with Crippen LogP contribution in [0.4, 0.5) is 0 Å². The molecule has 0 aromatic rings. The maximum absolute atomic E-state index is 7.13. The van der Waals surface area contributed by atoms with Crippen LogP contribution in [0.3, 0.4) is 0 Å². The summed E-state index contributed by atoms with van der Waals surface area (Å²) in [5.74, 6) is 1.08. The first-order chi connectivity index (χ1) is 13.6. The van der Waals surface area contributed by atoms with E-state index in [9.17, 15) is 0 Å². The third kappa shape index (κ3) is 4.45. The standard InChI is InChI=1S/C24H42O3Si2/c1-8-11-20-19-23(27-29(6,7)17-10-3)14-15-25-24(23)13-12-21(18-22(20)24)26-28(4,5)16-9-2/h8-10,20-22H,1-3,11-19H2,4-7H3/t20-,21+,22-,23-,24-/m1/s1. The summed E-state index contributed by atoms with van der Waals surface area (Å²) >= 11 is 0. The minimum atomic E-state index is -1.82. The molecule has 0 unspecified atom stereocenters. The number of hydrogen-bond donors (Lipinski definition) is 0. The summed E-state index contributed by atoms with van der Waals surface area (Å²) in [6.45, 7) is 22.1. The van der Waals surface area contributed by atoms with Gasteiger partial charge in [-0.25, -0.2) is 0 Å². The van der Waals surface area contributed by atoms with Crippen LogP contribution in [-0.2, 0) is 13.6 Å². The van der Waals surface area contributed by atoms with Crippen molar-refractivity contribution in [3.8, 4) is 0 Å². The summed E-state index contributed by atoms with van der Waals surface area (Å²) in [4.78, 5) is 0. The Labute approximate surface area is 180 Å². The molecule has 0 bridgehead atoms. The molecule has 3 aliphatic rings.